The van der Waals surface area contributed by atoms with Crippen molar-refractivity contribution < 1.29 is 19.1 Å². The number of nitrogens with zero attached hydrogens (tertiary/aromatic N) is 2. The lowest BCUT2D eigenvalue weighted by Gasteiger charge is -2.31. The van der Waals surface area contributed by atoms with E-state index < -0.39 is 14.4 Å². The molecule has 3 atom stereocenters. The van der Waals surface area contributed by atoms with Gasteiger partial charge in [0.25, 0.3) is 5.91 Å². The van der Waals surface area contributed by atoms with Crippen LogP contribution in [0.4, 0.5) is 5.69 Å². The number of rotatable bonds is 9. The van der Waals surface area contributed by atoms with Gasteiger partial charge in [-0.1, -0.05) is 35.9 Å². The highest BCUT2D eigenvalue weighted by Crippen LogP contribution is 2.36. The predicted octanol–water partition coefficient (Wildman–Crippen LogP) is 2.50. The molecule has 2 heterocycles. The minimum absolute atomic E-state index is 0.0578. The predicted molar refractivity (Wildman–Crippen MR) is 172 cm³/mol. The summed E-state index contributed by atoms with van der Waals surface area (Å²) in [6, 6.07) is 20.0. The molecule has 12 heteroatoms. The number of methoxy groups -OCH3 is 1. The Labute approximate surface area is 257 Å². The molecule has 226 valence electrons. The van der Waals surface area contributed by atoms with Gasteiger partial charge in [0.15, 0.2) is 0 Å². The largest absolute Gasteiger partial charge is 0.497 e. The molecule has 0 spiro atoms. The first kappa shape index (κ1) is 30.7. The first-order chi connectivity index (χ1) is 20.5. The Bertz CT molecular complexity index is 1510. The number of carbonyl (C=O) groups is 2. The molecular weight excluding hydrogens is 584 g/mol. The minimum atomic E-state index is -2.43. The molecule has 1 fully saturated rings. The number of halogens is 1. The van der Waals surface area contributed by atoms with Crippen LogP contribution in [0.25, 0.3) is 0 Å². The second-order valence-corrected chi connectivity index (χ2v) is 15.3. The first-order valence-electron chi connectivity index (χ1n) is 14.2. The smallest absolute Gasteiger partial charge is 0.251 e. The Kier molecular flexibility index (Phi) is 9.18. The molecule has 0 radical (unpaired) electrons. The van der Waals surface area contributed by atoms with Gasteiger partial charge in [-0.25, -0.2) is 10.9 Å². The van der Waals surface area contributed by atoms with Gasteiger partial charge in [0, 0.05) is 40.5 Å². The van der Waals surface area contributed by atoms with E-state index in [1.54, 1.807) is 31.4 Å². The van der Waals surface area contributed by atoms with Gasteiger partial charge in [0.1, 0.15) is 11.9 Å². The maximum Gasteiger partial charge on any atom is 0.251 e. The van der Waals surface area contributed by atoms with Crippen LogP contribution in [0.5, 0.6) is 5.75 Å². The summed E-state index contributed by atoms with van der Waals surface area (Å²) in [5.74, 6) is 0.291. The third kappa shape index (κ3) is 6.92. The molecular formula is C31H37ClN6O4Si. The van der Waals surface area contributed by atoms with Crippen LogP contribution in [0.3, 0.4) is 0 Å². The normalized spacial score (nSPS) is 19.5. The van der Waals surface area contributed by atoms with Gasteiger partial charge in [0.05, 0.1) is 31.4 Å². The summed E-state index contributed by atoms with van der Waals surface area (Å²) in [6.07, 6.45) is -0.217. The number of benzene rings is 3. The Balaban J connectivity index is 1.29. The van der Waals surface area contributed by atoms with Crippen LogP contribution >= 0.6 is 11.6 Å². The van der Waals surface area contributed by atoms with Crippen LogP contribution in [0.2, 0.25) is 18.1 Å². The molecule has 2 aliphatic rings. The molecule has 3 aromatic rings. The number of hydrogen-bond acceptors (Lipinski definition) is 8. The minimum Gasteiger partial charge on any atom is -0.497 e. The van der Waals surface area contributed by atoms with Gasteiger partial charge in [-0.05, 0) is 67.7 Å². The molecule has 10 nitrogen and oxygen atoms in total. The molecule has 5 N–H and O–H groups in total. The van der Waals surface area contributed by atoms with E-state index in [-0.39, 0.29) is 43.7 Å². The summed E-state index contributed by atoms with van der Waals surface area (Å²) in [6.45, 7) is 6.25. The van der Waals surface area contributed by atoms with Gasteiger partial charge < -0.3 is 25.1 Å². The van der Waals surface area contributed by atoms with Crippen molar-refractivity contribution in [1.29, 1.82) is 0 Å². The number of hydrazine groups is 1. The number of nitrogens with one attached hydrogen (secondary N) is 4. The maximum absolute atomic E-state index is 13.2. The van der Waals surface area contributed by atoms with E-state index in [9.17, 15) is 14.4 Å². The van der Waals surface area contributed by atoms with E-state index in [2.05, 4.69) is 26.4 Å². The Hall–Kier alpha value is -3.74. The van der Waals surface area contributed by atoms with Gasteiger partial charge in [-0.3, -0.25) is 14.6 Å². The summed E-state index contributed by atoms with van der Waals surface area (Å²) in [5.41, 5.74) is 10.6. The summed E-state index contributed by atoms with van der Waals surface area (Å²) in [5, 5.41) is 7.25. The van der Waals surface area contributed by atoms with Crippen LogP contribution in [0.15, 0.2) is 71.7 Å². The van der Waals surface area contributed by atoms with Crippen molar-refractivity contribution in [1.82, 2.24) is 21.5 Å². The van der Waals surface area contributed by atoms with E-state index >= 15 is 0 Å². The third-order valence-corrected chi connectivity index (χ3v) is 9.65. The molecule has 1 saturated heterocycles. The van der Waals surface area contributed by atoms with Crippen LogP contribution in [0.1, 0.15) is 34.8 Å². The fourth-order valence-electron chi connectivity index (χ4n) is 5.36. The second-order valence-electron chi connectivity index (χ2n) is 11.2. The zero-order valence-electron chi connectivity index (χ0n) is 24.6. The third-order valence-electron chi connectivity index (χ3n) is 7.65. The number of aliphatic imine (C=N–C) groups is 1. The van der Waals surface area contributed by atoms with Crippen molar-refractivity contribution in [2.45, 2.75) is 44.8 Å². The number of hydrogen-bond donors (Lipinski definition) is 5. The number of anilines is 1. The Morgan fingerprint density at radius 2 is 1.72 bits per heavy atom. The monoisotopic (exact) mass is 620 g/mol. The topological polar surface area (TPSA) is 127 Å². The highest BCUT2D eigenvalue weighted by Gasteiger charge is 2.40. The van der Waals surface area contributed by atoms with E-state index in [4.69, 9.17) is 21.3 Å². The first-order valence-corrected chi connectivity index (χ1v) is 17.6. The van der Waals surface area contributed by atoms with E-state index in [0.29, 0.717) is 16.3 Å². The quantitative estimate of drug-likeness (QED) is 0.184. The molecule has 0 saturated carbocycles. The molecule has 5 rings (SSSR count). The van der Waals surface area contributed by atoms with Crippen molar-refractivity contribution in [3.05, 3.63) is 88.4 Å². The average molecular weight is 621 g/mol. The molecule has 3 unspecified atom stereocenters. The summed E-state index contributed by atoms with van der Waals surface area (Å²) < 4.78 is 5.54. The zero-order valence-corrected chi connectivity index (χ0v) is 26.4. The van der Waals surface area contributed by atoms with Crippen LogP contribution < -0.4 is 36.3 Å². The van der Waals surface area contributed by atoms with Crippen molar-refractivity contribution >= 4 is 48.3 Å². The van der Waals surface area contributed by atoms with Crippen molar-refractivity contribution in [2.75, 3.05) is 25.1 Å². The number of fused-ring (bicyclic) bond motifs is 3. The van der Waals surface area contributed by atoms with Gasteiger partial charge >= 0.3 is 0 Å². The number of carbonyl (C=O) groups excluding carboxylic acids is 2. The van der Waals surface area contributed by atoms with E-state index in [1.165, 1.54) is 0 Å². The lowest BCUT2D eigenvalue weighted by molar-refractivity contribution is -0.121. The standard InChI is InChI=1S/C31H37ClN6O4Si/c1-19-36-37-30-26(18-28(39)33-15-16-34-31(40)21-7-12-24(13-8-21)43(3,4)41)35-29(20-5-9-22(32)10-6-20)25-17-23(42-2)11-14-27(25)38(19)30/h5-14,17,19,26,30,36-37,41H,15-16,18H2,1-4H3,(H,33,39)(H,34,40). The number of ether oxygens (including phenoxy) is 1. The molecule has 0 aliphatic carbocycles. The Morgan fingerprint density at radius 1 is 1.02 bits per heavy atom. The van der Waals surface area contributed by atoms with Crippen LogP contribution in [-0.4, -0.2) is 69.2 Å². The molecule has 43 heavy (non-hydrogen) atoms. The van der Waals surface area contributed by atoms with Gasteiger partial charge in [0.2, 0.25) is 14.2 Å². The zero-order chi connectivity index (χ0) is 30.7. The van der Waals surface area contributed by atoms with E-state index in [0.717, 1.165) is 27.7 Å². The highest BCUT2D eigenvalue weighted by atomic mass is 35.5. The van der Waals surface area contributed by atoms with Gasteiger partial charge in [-0.2, -0.15) is 0 Å². The molecule has 0 bridgehead atoms. The lowest BCUT2D eigenvalue weighted by Crippen LogP contribution is -2.48. The summed E-state index contributed by atoms with van der Waals surface area (Å²) in [7, 11) is -0.797. The maximum atomic E-state index is 13.2. The fraction of sp³-hybridized carbons (Fsp3) is 0.323. The van der Waals surface area contributed by atoms with Crippen molar-refractivity contribution in [3.8, 4) is 5.75 Å². The van der Waals surface area contributed by atoms with Crippen LogP contribution in [0, 0.1) is 0 Å². The average Bonchev–Trinajstić information content (AvgIpc) is 3.31. The lowest BCUT2D eigenvalue weighted by atomic mass is 9.99. The van der Waals surface area contributed by atoms with Gasteiger partial charge in [-0.15, -0.1) is 0 Å². The number of amides is 2. The van der Waals surface area contributed by atoms with E-state index in [1.807, 2.05) is 62.5 Å². The van der Waals surface area contributed by atoms with Crippen molar-refractivity contribution in [3.63, 3.8) is 0 Å². The highest BCUT2D eigenvalue weighted by molar-refractivity contribution is 6.83. The molecule has 0 aromatic heterocycles. The van der Waals surface area contributed by atoms with Crippen LogP contribution in [-0.2, 0) is 4.79 Å². The molecule has 3 aromatic carbocycles. The Morgan fingerprint density at radius 3 is 2.40 bits per heavy atom. The van der Waals surface area contributed by atoms with Crippen molar-refractivity contribution in [2.24, 2.45) is 4.99 Å². The summed E-state index contributed by atoms with van der Waals surface area (Å²) >= 11 is 6.19. The molecule has 2 aliphatic heterocycles. The SMILES string of the molecule is COc1ccc2c(c1)C(c1ccc(Cl)cc1)=NC(CC(=O)NCCNC(=O)c1ccc([Si](C)(C)O)cc1)C1NNC(C)N21. The molecule has 2 amide bonds. The second kappa shape index (κ2) is 12.9. The fourth-order valence-corrected chi connectivity index (χ4v) is 6.46. The summed E-state index contributed by atoms with van der Waals surface area (Å²) in [4.78, 5) is 43.4.